The number of halogens is 8. The summed E-state index contributed by atoms with van der Waals surface area (Å²) in [4.78, 5) is 71.8. The summed E-state index contributed by atoms with van der Waals surface area (Å²) in [6.45, 7) is 1.54. The molecule has 1 N–H and O–H groups in total. The van der Waals surface area contributed by atoms with Crippen LogP contribution in [0, 0.1) is 34.3 Å². The molecule has 14 nitrogen and oxygen atoms in total. The monoisotopic (exact) mass is 1070 g/mol. The Labute approximate surface area is 431 Å². The third-order valence-corrected chi connectivity index (χ3v) is 12.3. The molecule has 4 heterocycles. The summed E-state index contributed by atoms with van der Waals surface area (Å²) in [5.74, 6) is -3.81. The SMILES string of the molecule is C.COC(=O)N1CC[C@]2(C1)C(=O)N(c1ccc(C#N)cc1F)CC(=O)N2Cc1ccc(C(F)(F)F)cc1.N#Cc1ccc(N2CC(=O)N(Cc3ccc(C(F)(F)F)cc3)[C@]3(CCNC3)C2=O)c(F)c1.S.S.[2H]CC. The van der Waals surface area contributed by atoms with Crippen molar-refractivity contribution in [3.05, 3.63) is 130 Å². The number of nitrogens with one attached hydrogen (secondary N) is 1. The van der Waals surface area contributed by atoms with Crippen molar-refractivity contribution < 1.29 is 65.2 Å². The first kappa shape index (κ1) is 58.7. The van der Waals surface area contributed by atoms with E-state index in [1.807, 2.05) is 6.07 Å². The minimum absolute atomic E-state index is 0. The van der Waals surface area contributed by atoms with Gasteiger partial charge in [0.2, 0.25) is 11.8 Å². The first-order valence-electron chi connectivity index (χ1n) is 22.1. The molecule has 2 atom stereocenters. The molecule has 392 valence electrons. The quantitative estimate of drug-likeness (QED) is 0.188. The summed E-state index contributed by atoms with van der Waals surface area (Å²) in [5, 5.41) is 21.0. The highest BCUT2D eigenvalue weighted by Gasteiger charge is 2.58. The van der Waals surface area contributed by atoms with Crippen LogP contribution in [0.5, 0.6) is 0 Å². The number of methoxy groups -OCH3 is 1. The number of carbonyl (C=O) groups is 5. The lowest BCUT2D eigenvalue weighted by Gasteiger charge is -2.47. The Morgan fingerprint density at radius 1 is 0.712 bits per heavy atom. The third kappa shape index (κ3) is 12.3. The lowest BCUT2D eigenvalue weighted by molar-refractivity contribution is -0.151. The molecule has 24 heteroatoms. The number of anilines is 2. The lowest BCUT2D eigenvalue weighted by Crippen LogP contribution is -2.69. The maximum absolute atomic E-state index is 14.8. The van der Waals surface area contributed by atoms with Gasteiger partial charge in [-0.15, -0.1) is 0 Å². The van der Waals surface area contributed by atoms with Crippen molar-refractivity contribution in [2.24, 2.45) is 0 Å². The normalized spacial score (nSPS) is 19.6. The first-order chi connectivity index (χ1) is 33.6. The molecule has 4 aliphatic heterocycles. The van der Waals surface area contributed by atoms with Crippen LogP contribution >= 0.6 is 27.0 Å². The first-order valence-corrected chi connectivity index (χ1v) is 21.4. The topological polar surface area (TPSA) is 170 Å². The maximum atomic E-state index is 14.8. The number of nitrogens with zero attached hydrogens (tertiary/aromatic N) is 7. The number of likely N-dealkylation sites (tertiary alicyclic amines) is 1. The van der Waals surface area contributed by atoms with E-state index in [0.29, 0.717) is 24.6 Å². The fourth-order valence-corrected chi connectivity index (χ4v) is 8.78. The molecular formula is C49H52F8N8O6S2. The molecule has 0 saturated carbocycles. The largest absolute Gasteiger partial charge is 0.453 e. The summed E-state index contributed by atoms with van der Waals surface area (Å²) in [6, 6.07) is 19.4. The second kappa shape index (κ2) is 24.2. The molecule has 4 fully saturated rings. The van der Waals surface area contributed by atoms with Crippen molar-refractivity contribution in [2.45, 2.75) is 70.6 Å². The number of hydrogen-bond acceptors (Lipinski definition) is 9. The minimum atomic E-state index is -4.53. The zero-order valence-corrected chi connectivity index (χ0v) is 40.5. The lowest BCUT2D eigenvalue weighted by atomic mass is 9.89. The summed E-state index contributed by atoms with van der Waals surface area (Å²) in [6.07, 6.45) is -9.43. The van der Waals surface area contributed by atoms with E-state index in [2.05, 4.69) is 5.32 Å². The van der Waals surface area contributed by atoms with Gasteiger partial charge in [-0.3, -0.25) is 29.0 Å². The van der Waals surface area contributed by atoms with E-state index >= 15 is 0 Å². The molecule has 0 unspecified atom stereocenters. The second-order valence-electron chi connectivity index (χ2n) is 16.3. The number of carbonyl (C=O) groups excluding carboxylic acids is 5. The van der Waals surface area contributed by atoms with E-state index in [-0.39, 0.29) is 102 Å². The molecule has 0 aliphatic carbocycles. The van der Waals surface area contributed by atoms with E-state index < -0.39 is 89.0 Å². The van der Waals surface area contributed by atoms with Gasteiger partial charge in [0, 0.05) is 27.5 Å². The number of amides is 5. The van der Waals surface area contributed by atoms with Gasteiger partial charge in [0.1, 0.15) is 35.8 Å². The van der Waals surface area contributed by atoms with Crippen LogP contribution in [0.3, 0.4) is 0 Å². The summed E-state index contributed by atoms with van der Waals surface area (Å²) < 4.78 is 118. The number of benzene rings is 4. The summed E-state index contributed by atoms with van der Waals surface area (Å²) in [7, 11) is 1.17. The van der Waals surface area contributed by atoms with Crippen molar-refractivity contribution in [3.63, 3.8) is 0 Å². The maximum Gasteiger partial charge on any atom is 0.416 e. The Hall–Kier alpha value is -6.89. The molecule has 4 saturated heterocycles. The number of hydrogen-bond donors (Lipinski definition) is 1. The molecule has 0 aromatic heterocycles. The Kier molecular flexibility index (Phi) is 19.5. The molecule has 0 bridgehead atoms. The van der Waals surface area contributed by atoms with Gasteiger partial charge in [-0.25, -0.2) is 13.6 Å². The van der Waals surface area contributed by atoms with Gasteiger partial charge in [-0.2, -0.15) is 63.9 Å². The van der Waals surface area contributed by atoms with Crippen molar-refractivity contribution >= 4 is 68.1 Å². The number of rotatable bonds is 6. The highest BCUT2D eigenvalue weighted by molar-refractivity contribution is 7.59. The fourth-order valence-electron chi connectivity index (χ4n) is 8.78. The van der Waals surface area contributed by atoms with Crippen molar-refractivity contribution in [1.29, 1.82) is 10.5 Å². The molecule has 4 aromatic rings. The zero-order valence-electron chi connectivity index (χ0n) is 39.5. The number of nitriles is 2. The molecule has 4 aromatic carbocycles. The smallest absolute Gasteiger partial charge is 0.416 e. The average molecular weight is 1070 g/mol. The molecule has 4 aliphatic rings. The van der Waals surface area contributed by atoms with E-state index in [1.165, 1.54) is 70.3 Å². The predicted octanol–water partition coefficient (Wildman–Crippen LogP) is 8.01. The summed E-state index contributed by atoms with van der Waals surface area (Å²) in [5.41, 5.74) is -3.91. The fraction of sp³-hybridized carbons (Fsp3) is 0.367. The van der Waals surface area contributed by atoms with Crippen molar-refractivity contribution in [3.8, 4) is 12.1 Å². The summed E-state index contributed by atoms with van der Waals surface area (Å²) >= 11 is 0. The third-order valence-electron chi connectivity index (χ3n) is 12.3. The average Bonchev–Trinajstić information content (AvgIpc) is 4.02. The van der Waals surface area contributed by atoms with Crippen LogP contribution in [0.2, 0.25) is 0 Å². The molecule has 0 radical (unpaired) electrons. The Morgan fingerprint density at radius 2 is 1.12 bits per heavy atom. The second-order valence-corrected chi connectivity index (χ2v) is 16.3. The van der Waals surface area contributed by atoms with Crippen LogP contribution in [0.15, 0.2) is 84.9 Å². The Balaban J connectivity index is 0.000000359. The van der Waals surface area contributed by atoms with Gasteiger partial charge >= 0.3 is 18.4 Å². The van der Waals surface area contributed by atoms with Crippen molar-refractivity contribution in [2.75, 3.05) is 56.2 Å². The number of piperazine rings is 2. The van der Waals surface area contributed by atoms with Gasteiger partial charge in [0.05, 0.1) is 59.4 Å². The van der Waals surface area contributed by atoms with Crippen LogP contribution in [0.25, 0.3) is 0 Å². The predicted molar refractivity (Wildman–Crippen MR) is 261 cm³/mol. The van der Waals surface area contributed by atoms with Gasteiger partial charge in [0.15, 0.2) is 0 Å². The number of ether oxygens (including phenoxy) is 1. The van der Waals surface area contributed by atoms with Crippen LogP contribution in [0.1, 0.15) is 68.8 Å². The van der Waals surface area contributed by atoms with Gasteiger partial charge < -0.3 is 24.8 Å². The minimum Gasteiger partial charge on any atom is -0.453 e. The van der Waals surface area contributed by atoms with Crippen LogP contribution < -0.4 is 15.1 Å². The highest BCUT2D eigenvalue weighted by atomic mass is 32.1. The van der Waals surface area contributed by atoms with E-state index in [9.17, 15) is 59.1 Å². The molecular weight excluding hydrogens is 1010 g/mol. The zero-order chi connectivity index (χ0) is 52.1. The van der Waals surface area contributed by atoms with Gasteiger partial charge in [0.25, 0.3) is 11.8 Å². The van der Waals surface area contributed by atoms with Crippen LogP contribution in [-0.2, 0) is 49.4 Å². The number of alkyl halides is 6. The molecule has 2 spiro atoms. The molecule has 73 heavy (non-hydrogen) atoms. The van der Waals surface area contributed by atoms with Crippen LogP contribution in [-0.4, -0.2) is 102 Å². The van der Waals surface area contributed by atoms with Gasteiger partial charge in [-0.1, -0.05) is 45.5 Å². The Morgan fingerprint density at radius 3 is 1.48 bits per heavy atom. The highest BCUT2D eigenvalue weighted by Crippen LogP contribution is 2.39. The van der Waals surface area contributed by atoms with Crippen molar-refractivity contribution in [1.82, 2.24) is 20.0 Å². The van der Waals surface area contributed by atoms with E-state index in [4.69, 9.17) is 16.6 Å². The van der Waals surface area contributed by atoms with E-state index in [0.717, 1.165) is 46.2 Å². The van der Waals surface area contributed by atoms with E-state index in [1.54, 1.807) is 13.0 Å². The van der Waals surface area contributed by atoms with Crippen LogP contribution in [0.4, 0.5) is 51.3 Å². The standard InChI is InChI=1S/C24H20F4N4O4.C22H18F4N4O2.C2H6.CH4.2H2S/c1-36-22(35)30-9-8-23(14-30)21(34)31(19-7-4-16(11-29)10-18(19)25)13-20(33)32(23)12-15-2-5-17(6-3-15)24(26,27)28;23-17-9-15(10-27)3-6-18(17)29-12-19(31)30(21(20(29)32)7-8-28-13-21)11-14-1-4-16(5-2-14)22(24,25)26;1-2;;;/h2-7,10H,8-9,12-14H2,1H3;1-6,9,28H,7-8,11-13H2;1-2H3;1H4;2*1H2/t23-;21-;;;;/m00..../s1/i;;1D;;;. The molecule has 8 rings (SSSR count). The molecule has 5 amide bonds. The Bertz CT molecular complexity index is 2770. The van der Waals surface area contributed by atoms with Gasteiger partial charge in [-0.05, 0) is 91.2 Å².